The average molecular weight is 234 g/mol. The van der Waals surface area contributed by atoms with Crippen molar-refractivity contribution in [1.82, 2.24) is 20.3 Å². The van der Waals surface area contributed by atoms with Crippen LogP contribution in [0.15, 0.2) is 16.8 Å². The molecule has 2 aromatic heterocycles. The number of nitrogens with one attached hydrogen (secondary N) is 1. The van der Waals surface area contributed by atoms with Gasteiger partial charge in [0.15, 0.2) is 5.76 Å². The van der Waals surface area contributed by atoms with E-state index in [0.29, 0.717) is 0 Å². The highest BCUT2D eigenvalue weighted by Gasteiger charge is 2.11. The summed E-state index contributed by atoms with van der Waals surface area (Å²) >= 11 is 0. The van der Waals surface area contributed by atoms with E-state index < -0.39 is 0 Å². The zero-order chi connectivity index (χ0) is 12.3. The number of rotatable bonds is 5. The second-order valence-electron chi connectivity index (χ2n) is 4.16. The summed E-state index contributed by atoms with van der Waals surface area (Å²) in [5, 5.41) is 11.6. The van der Waals surface area contributed by atoms with E-state index in [1.54, 1.807) is 4.68 Å². The first-order chi connectivity index (χ1) is 8.20. The topological polar surface area (TPSA) is 55.9 Å². The molecule has 0 spiro atoms. The molecule has 1 N–H and O–H groups in total. The predicted molar refractivity (Wildman–Crippen MR) is 65.4 cm³/mol. The minimum Gasteiger partial charge on any atom is -0.356 e. The van der Waals surface area contributed by atoms with Crippen LogP contribution in [0.4, 0.5) is 0 Å². The molecular formula is C12H18N4O. The molecule has 5 heteroatoms. The number of hydrogen-bond acceptors (Lipinski definition) is 4. The molecule has 2 rings (SSSR count). The molecule has 17 heavy (non-hydrogen) atoms. The van der Waals surface area contributed by atoms with Crippen molar-refractivity contribution >= 4 is 0 Å². The van der Waals surface area contributed by atoms with Gasteiger partial charge in [0.2, 0.25) is 0 Å². The van der Waals surface area contributed by atoms with Gasteiger partial charge in [-0.05, 0) is 19.9 Å². The van der Waals surface area contributed by atoms with Crippen molar-refractivity contribution < 1.29 is 4.52 Å². The molecule has 0 fully saturated rings. The van der Waals surface area contributed by atoms with Crippen molar-refractivity contribution in [3.63, 3.8) is 0 Å². The van der Waals surface area contributed by atoms with Gasteiger partial charge in [0, 0.05) is 25.9 Å². The van der Waals surface area contributed by atoms with Gasteiger partial charge in [0.25, 0.3) is 0 Å². The molecule has 0 aliphatic rings. The van der Waals surface area contributed by atoms with Crippen LogP contribution in [0.3, 0.4) is 0 Å². The van der Waals surface area contributed by atoms with Crippen molar-refractivity contribution in [3.8, 4) is 11.3 Å². The minimum atomic E-state index is 0.747. The molecule has 0 aliphatic carbocycles. The van der Waals surface area contributed by atoms with Gasteiger partial charge >= 0.3 is 0 Å². The van der Waals surface area contributed by atoms with E-state index in [1.807, 2.05) is 26.2 Å². The zero-order valence-corrected chi connectivity index (χ0v) is 10.5. The van der Waals surface area contributed by atoms with Gasteiger partial charge in [0.05, 0.1) is 17.0 Å². The summed E-state index contributed by atoms with van der Waals surface area (Å²) in [5.74, 6) is 0.781. The van der Waals surface area contributed by atoms with Crippen LogP contribution in [0.25, 0.3) is 11.3 Å². The van der Waals surface area contributed by atoms with Crippen LogP contribution in [-0.4, -0.2) is 21.5 Å². The Morgan fingerprint density at radius 2 is 2.29 bits per heavy atom. The van der Waals surface area contributed by atoms with Gasteiger partial charge in [-0.3, -0.25) is 4.68 Å². The molecule has 5 nitrogen and oxygen atoms in total. The number of aromatic nitrogens is 3. The molecule has 0 saturated carbocycles. The molecule has 92 valence electrons. The standard InChI is InChI=1S/C12H18N4O/c1-4-5-13-7-10-6-12(17-15-10)11-8-16(3)14-9(11)2/h6,8,13H,4-5,7H2,1-3H3. The molecule has 0 unspecified atom stereocenters. The van der Waals surface area contributed by atoms with Gasteiger partial charge in [-0.1, -0.05) is 12.1 Å². The molecule has 0 saturated heterocycles. The van der Waals surface area contributed by atoms with Crippen LogP contribution >= 0.6 is 0 Å². The monoisotopic (exact) mass is 234 g/mol. The van der Waals surface area contributed by atoms with Gasteiger partial charge in [-0.25, -0.2) is 0 Å². The average Bonchev–Trinajstić information content (AvgIpc) is 2.86. The Labute approximate surface area is 101 Å². The lowest BCUT2D eigenvalue weighted by molar-refractivity contribution is 0.420. The van der Waals surface area contributed by atoms with E-state index in [2.05, 4.69) is 22.5 Å². The molecule has 0 bridgehead atoms. The molecule has 0 radical (unpaired) electrons. The second kappa shape index (κ2) is 5.14. The summed E-state index contributed by atoms with van der Waals surface area (Å²) in [6, 6.07) is 1.96. The number of hydrogen-bond donors (Lipinski definition) is 1. The molecule has 2 aromatic rings. The molecule has 2 heterocycles. The smallest absolute Gasteiger partial charge is 0.170 e. The maximum Gasteiger partial charge on any atom is 0.170 e. The first-order valence-electron chi connectivity index (χ1n) is 5.87. The Morgan fingerprint density at radius 3 is 2.94 bits per heavy atom. The van der Waals surface area contributed by atoms with Crippen molar-refractivity contribution in [2.24, 2.45) is 7.05 Å². The van der Waals surface area contributed by atoms with Gasteiger partial charge < -0.3 is 9.84 Å². The summed E-state index contributed by atoms with van der Waals surface area (Å²) < 4.78 is 7.11. The van der Waals surface area contributed by atoms with Gasteiger partial charge in [-0.2, -0.15) is 5.10 Å². The van der Waals surface area contributed by atoms with E-state index in [1.165, 1.54) is 0 Å². The molecule has 0 aliphatic heterocycles. The highest BCUT2D eigenvalue weighted by Crippen LogP contribution is 2.22. The van der Waals surface area contributed by atoms with E-state index >= 15 is 0 Å². The van der Waals surface area contributed by atoms with Crippen LogP contribution in [-0.2, 0) is 13.6 Å². The lowest BCUT2D eigenvalue weighted by Gasteiger charge is -1.96. The summed E-state index contributed by atoms with van der Waals surface area (Å²) in [4.78, 5) is 0. The fraction of sp³-hybridized carbons (Fsp3) is 0.500. The van der Waals surface area contributed by atoms with E-state index in [0.717, 1.165) is 42.2 Å². The van der Waals surface area contributed by atoms with E-state index in [4.69, 9.17) is 4.52 Å². The molecule has 0 atom stereocenters. The Bertz CT molecular complexity index is 486. The predicted octanol–water partition coefficient (Wildman–Crippen LogP) is 1.88. The lowest BCUT2D eigenvalue weighted by Crippen LogP contribution is -2.13. The van der Waals surface area contributed by atoms with Gasteiger partial charge in [0.1, 0.15) is 0 Å². The third-order valence-electron chi connectivity index (χ3n) is 2.57. The molecule has 0 amide bonds. The Balaban J connectivity index is 2.10. The van der Waals surface area contributed by atoms with Crippen LogP contribution in [0.1, 0.15) is 24.7 Å². The van der Waals surface area contributed by atoms with Gasteiger partial charge in [-0.15, -0.1) is 0 Å². The quantitative estimate of drug-likeness (QED) is 0.803. The number of nitrogens with zero attached hydrogens (tertiary/aromatic N) is 3. The van der Waals surface area contributed by atoms with Crippen LogP contribution in [0.5, 0.6) is 0 Å². The Kier molecular flexibility index (Phi) is 3.58. The van der Waals surface area contributed by atoms with Crippen molar-refractivity contribution in [1.29, 1.82) is 0 Å². The highest BCUT2D eigenvalue weighted by atomic mass is 16.5. The lowest BCUT2D eigenvalue weighted by atomic mass is 10.2. The van der Waals surface area contributed by atoms with E-state index in [9.17, 15) is 0 Å². The first kappa shape index (κ1) is 11.9. The Hall–Kier alpha value is -1.62. The third-order valence-corrected chi connectivity index (χ3v) is 2.57. The van der Waals surface area contributed by atoms with Crippen molar-refractivity contribution in [2.75, 3.05) is 6.54 Å². The molecule has 0 aromatic carbocycles. The maximum absolute atomic E-state index is 5.33. The largest absolute Gasteiger partial charge is 0.356 e. The third kappa shape index (κ3) is 2.74. The fourth-order valence-corrected chi connectivity index (χ4v) is 1.76. The van der Waals surface area contributed by atoms with Crippen molar-refractivity contribution in [2.45, 2.75) is 26.8 Å². The van der Waals surface area contributed by atoms with Crippen LogP contribution in [0.2, 0.25) is 0 Å². The van der Waals surface area contributed by atoms with E-state index in [-0.39, 0.29) is 0 Å². The fourth-order valence-electron chi connectivity index (χ4n) is 1.76. The van der Waals surface area contributed by atoms with Crippen LogP contribution in [0, 0.1) is 6.92 Å². The maximum atomic E-state index is 5.33. The summed E-state index contributed by atoms with van der Waals surface area (Å²) in [6.07, 6.45) is 3.06. The molecular weight excluding hydrogens is 216 g/mol. The second-order valence-corrected chi connectivity index (χ2v) is 4.16. The summed E-state index contributed by atoms with van der Waals surface area (Å²) in [7, 11) is 1.90. The normalized spacial score (nSPS) is 11.0. The van der Waals surface area contributed by atoms with Crippen molar-refractivity contribution in [3.05, 3.63) is 23.7 Å². The number of aryl methyl sites for hydroxylation is 2. The summed E-state index contributed by atoms with van der Waals surface area (Å²) in [5.41, 5.74) is 2.88. The SMILES string of the molecule is CCCNCc1cc(-c2cn(C)nc2C)on1. The first-order valence-corrected chi connectivity index (χ1v) is 5.87. The Morgan fingerprint density at radius 1 is 1.47 bits per heavy atom. The highest BCUT2D eigenvalue weighted by molar-refractivity contribution is 5.59. The minimum absolute atomic E-state index is 0.747. The summed E-state index contributed by atoms with van der Waals surface area (Å²) in [6.45, 7) is 5.85. The van der Waals surface area contributed by atoms with Crippen LogP contribution < -0.4 is 5.32 Å². The zero-order valence-electron chi connectivity index (χ0n) is 10.5.